The summed E-state index contributed by atoms with van der Waals surface area (Å²) in [5.74, 6) is 0.642. The lowest BCUT2D eigenvalue weighted by Crippen LogP contribution is -2.48. The van der Waals surface area contributed by atoms with E-state index in [0.717, 1.165) is 5.56 Å². The Balaban J connectivity index is 1.59. The van der Waals surface area contributed by atoms with Crippen molar-refractivity contribution in [2.45, 2.75) is 25.0 Å². The highest BCUT2D eigenvalue weighted by molar-refractivity contribution is 5.92. The Morgan fingerprint density at radius 1 is 1.22 bits per heavy atom. The molecule has 1 aromatic heterocycles. The summed E-state index contributed by atoms with van der Waals surface area (Å²) in [5.41, 5.74) is 1.77. The number of morpholine rings is 1. The number of amides is 1. The van der Waals surface area contributed by atoms with Gasteiger partial charge in [-0.05, 0) is 24.3 Å². The van der Waals surface area contributed by atoms with E-state index >= 15 is 0 Å². The second-order valence-corrected chi connectivity index (χ2v) is 6.51. The van der Waals surface area contributed by atoms with Gasteiger partial charge in [0, 0.05) is 13.6 Å². The van der Waals surface area contributed by atoms with E-state index in [-0.39, 0.29) is 18.1 Å². The van der Waals surface area contributed by atoms with Crippen LogP contribution in [0.4, 0.5) is 0 Å². The smallest absolute Gasteiger partial charge is 0.272 e. The largest absolute Gasteiger partial charge is 0.366 e. The molecule has 2 aromatic rings. The maximum absolute atomic E-state index is 12.9. The molecular formula is C18H21N3O2. The molecule has 2 atom stereocenters. The average molecular weight is 311 g/mol. The minimum atomic E-state index is -0.0484. The molecule has 5 heteroatoms. The number of rotatable bonds is 3. The molecule has 1 aliphatic heterocycles. The van der Waals surface area contributed by atoms with Gasteiger partial charge in [-0.2, -0.15) is 0 Å². The number of benzene rings is 1. The van der Waals surface area contributed by atoms with Gasteiger partial charge in [0.2, 0.25) is 0 Å². The molecule has 23 heavy (non-hydrogen) atoms. The van der Waals surface area contributed by atoms with Gasteiger partial charge in [-0.15, -0.1) is 0 Å². The standard InChI is InChI=1S/C18H21N3O2/c1-20-12-19-9-15(20)18(22)21-10-16(13-5-3-2-4-6-13)23-17(11-21)14-7-8-14/h2-6,9,12,14,16-17H,7-8,10-11H2,1H3/t16-,17+/m0/s1. The number of carbonyl (C=O) groups is 1. The minimum Gasteiger partial charge on any atom is -0.366 e. The highest BCUT2D eigenvalue weighted by Gasteiger charge is 2.40. The molecule has 0 bridgehead atoms. The number of aromatic nitrogens is 2. The van der Waals surface area contributed by atoms with E-state index in [9.17, 15) is 4.79 Å². The maximum atomic E-state index is 12.9. The predicted molar refractivity (Wildman–Crippen MR) is 85.9 cm³/mol. The summed E-state index contributed by atoms with van der Waals surface area (Å²) in [4.78, 5) is 18.9. The van der Waals surface area contributed by atoms with E-state index in [1.165, 1.54) is 12.8 Å². The third kappa shape index (κ3) is 2.88. The summed E-state index contributed by atoms with van der Waals surface area (Å²) in [6.07, 6.45) is 5.82. The Labute approximate surface area is 135 Å². The zero-order valence-electron chi connectivity index (χ0n) is 13.3. The SMILES string of the molecule is Cn1cncc1C(=O)N1C[C@@H](c2ccccc2)O[C@@H](C2CC2)C1. The summed E-state index contributed by atoms with van der Waals surface area (Å²) >= 11 is 0. The zero-order valence-corrected chi connectivity index (χ0v) is 13.3. The van der Waals surface area contributed by atoms with E-state index in [1.54, 1.807) is 17.1 Å². The van der Waals surface area contributed by atoms with Gasteiger partial charge < -0.3 is 14.2 Å². The first-order valence-electron chi connectivity index (χ1n) is 8.18. The Morgan fingerprint density at radius 2 is 2.00 bits per heavy atom. The summed E-state index contributed by atoms with van der Waals surface area (Å²) < 4.78 is 8.09. The minimum absolute atomic E-state index is 0.0416. The number of ether oxygens (including phenoxy) is 1. The van der Waals surface area contributed by atoms with Crippen molar-refractivity contribution in [3.63, 3.8) is 0 Å². The Kier molecular flexibility index (Phi) is 3.65. The normalized spacial score (nSPS) is 24.7. The first-order valence-corrected chi connectivity index (χ1v) is 8.18. The molecular weight excluding hydrogens is 290 g/mol. The summed E-state index contributed by atoms with van der Waals surface area (Å²) in [6, 6.07) is 10.2. The second kappa shape index (κ2) is 5.81. The molecule has 0 N–H and O–H groups in total. The Morgan fingerprint density at radius 3 is 2.65 bits per heavy atom. The fourth-order valence-corrected chi connectivity index (χ4v) is 3.26. The van der Waals surface area contributed by atoms with Crippen molar-refractivity contribution in [2.75, 3.05) is 13.1 Å². The molecule has 2 heterocycles. The zero-order chi connectivity index (χ0) is 15.8. The summed E-state index contributed by atoms with van der Waals surface area (Å²) in [5, 5.41) is 0. The van der Waals surface area contributed by atoms with Gasteiger partial charge in [-0.25, -0.2) is 4.98 Å². The molecule has 1 amide bonds. The molecule has 1 aromatic carbocycles. The summed E-state index contributed by atoms with van der Waals surface area (Å²) in [6.45, 7) is 1.27. The van der Waals surface area contributed by atoms with Crippen LogP contribution in [0.5, 0.6) is 0 Å². The first-order chi connectivity index (χ1) is 11.2. The van der Waals surface area contributed by atoms with Crippen molar-refractivity contribution >= 4 is 5.91 Å². The van der Waals surface area contributed by atoms with Crippen molar-refractivity contribution in [1.82, 2.24) is 14.5 Å². The van der Waals surface area contributed by atoms with Crippen LogP contribution in [0.1, 0.15) is 35.0 Å². The van der Waals surface area contributed by atoms with E-state index in [0.29, 0.717) is 24.7 Å². The lowest BCUT2D eigenvalue weighted by Gasteiger charge is -2.38. The summed E-state index contributed by atoms with van der Waals surface area (Å²) in [7, 11) is 1.85. The van der Waals surface area contributed by atoms with Crippen molar-refractivity contribution in [1.29, 1.82) is 0 Å². The topological polar surface area (TPSA) is 47.4 Å². The van der Waals surface area contributed by atoms with Crippen LogP contribution in [0.3, 0.4) is 0 Å². The molecule has 4 rings (SSSR count). The highest BCUT2D eigenvalue weighted by atomic mass is 16.5. The van der Waals surface area contributed by atoms with Gasteiger partial charge in [0.05, 0.1) is 25.2 Å². The van der Waals surface area contributed by atoms with E-state index < -0.39 is 0 Å². The van der Waals surface area contributed by atoms with Gasteiger partial charge >= 0.3 is 0 Å². The number of imidazole rings is 1. The number of nitrogens with zero attached hydrogens (tertiary/aromatic N) is 3. The van der Waals surface area contributed by atoms with Crippen molar-refractivity contribution in [3.8, 4) is 0 Å². The molecule has 2 aliphatic rings. The van der Waals surface area contributed by atoms with Crippen molar-refractivity contribution < 1.29 is 9.53 Å². The van der Waals surface area contributed by atoms with Crippen LogP contribution >= 0.6 is 0 Å². The first kappa shape index (κ1) is 14.5. The van der Waals surface area contributed by atoms with Crippen molar-refractivity contribution in [2.24, 2.45) is 13.0 Å². The van der Waals surface area contributed by atoms with Gasteiger partial charge in [0.25, 0.3) is 5.91 Å². The number of hydrogen-bond donors (Lipinski definition) is 0. The maximum Gasteiger partial charge on any atom is 0.272 e. The van der Waals surface area contributed by atoms with Crippen LogP contribution in [0.25, 0.3) is 0 Å². The van der Waals surface area contributed by atoms with Gasteiger partial charge in [-0.1, -0.05) is 30.3 Å². The highest BCUT2D eigenvalue weighted by Crippen LogP contribution is 2.39. The molecule has 120 valence electrons. The Hall–Kier alpha value is -2.14. The van der Waals surface area contributed by atoms with Crippen LogP contribution in [0, 0.1) is 5.92 Å². The van der Waals surface area contributed by atoms with E-state index in [1.807, 2.05) is 30.1 Å². The number of carbonyl (C=O) groups excluding carboxylic acids is 1. The van der Waals surface area contributed by atoms with Gasteiger partial charge in [0.15, 0.2) is 0 Å². The van der Waals surface area contributed by atoms with Gasteiger partial charge in [-0.3, -0.25) is 4.79 Å². The molecule has 0 radical (unpaired) electrons. The third-order valence-electron chi connectivity index (χ3n) is 4.77. The average Bonchev–Trinajstić information content (AvgIpc) is 3.36. The molecule has 0 unspecified atom stereocenters. The fourth-order valence-electron chi connectivity index (χ4n) is 3.26. The van der Waals surface area contributed by atoms with E-state index in [2.05, 4.69) is 17.1 Å². The molecule has 2 fully saturated rings. The van der Waals surface area contributed by atoms with Crippen LogP contribution in [-0.4, -0.2) is 39.6 Å². The Bertz CT molecular complexity index is 693. The number of aryl methyl sites for hydroxylation is 1. The van der Waals surface area contributed by atoms with Crippen LogP contribution in [-0.2, 0) is 11.8 Å². The quantitative estimate of drug-likeness (QED) is 0.874. The second-order valence-electron chi connectivity index (χ2n) is 6.51. The monoisotopic (exact) mass is 311 g/mol. The van der Waals surface area contributed by atoms with Crippen molar-refractivity contribution in [3.05, 3.63) is 54.1 Å². The van der Waals surface area contributed by atoms with Crippen LogP contribution in [0.2, 0.25) is 0 Å². The molecule has 1 aliphatic carbocycles. The molecule has 0 spiro atoms. The lowest BCUT2D eigenvalue weighted by molar-refractivity contribution is -0.0865. The van der Waals surface area contributed by atoms with E-state index in [4.69, 9.17) is 4.74 Å². The van der Waals surface area contributed by atoms with Crippen LogP contribution in [0.15, 0.2) is 42.9 Å². The molecule has 5 nitrogen and oxygen atoms in total. The lowest BCUT2D eigenvalue weighted by atomic mass is 10.0. The fraction of sp³-hybridized carbons (Fsp3) is 0.444. The van der Waals surface area contributed by atoms with Crippen LogP contribution < -0.4 is 0 Å². The van der Waals surface area contributed by atoms with Gasteiger partial charge in [0.1, 0.15) is 11.8 Å². The third-order valence-corrected chi connectivity index (χ3v) is 4.77. The number of hydrogen-bond acceptors (Lipinski definition) is 3. The predicted octanol–water partition coefficient (Wildman–Crippen LogP) is 2.41. The molecule has 1 saturated heterocycles. The molecule has 1 saturated carbocycles.